The van der Waals surface area contributed by atoms with E-state index in [0.29, 0.717) is 6.42 Å². The molecule has 1 heterocycles. The molecule has 26 heavy (non-hydrogen) atoms. The second-order valence-electron chi connectivity index (χ2n) is 6.63. The molecule has 3 rings (SSSR count). The van der Waals surface area contributed by atoms with Crippen LogP contribution in [0.25, 0.3) is 22.0 Å². The van der Waals surface area contributed by atoms with Gasteiger partial charge in [0.25, 0.3) is 0 Å². The first-order valence-corrected chi connectivity index (χ1v) is 9.48. The SMILES string of the molecule is CCCCCCNC(=O)Cc1cnc2ccccc2c1-c1ccccc1. The molecule has 0 aliphatic heterocycles. The lowest BCUT2D eigenvalue weighted by Gasteiger charge is -2.13. The summed E-state index contributed by atoms with van der Waals surface area (Å²) in [5, 5.41) is 4.14. The van der Waals surface area contributed by atoms with Crippen LogP contribution in [-0.4, -0.2) is 17.4 Å². The van der Waals surface area contributed by atoms with Crippen LogP contribution in [0.3, 0.4) is 0 Å². The van der Waals surface area contributed by atoms with E-state index in [1.165, 1.54) is 19.3 Å². The predicted molar refractivity (Wildman–Crippen MR) is 108 cm³/mol. The van der Waals surface area contributed by atoms with Gasteiger partial charge in [-0.1, -0.05) is 74.7 Å². The van der Waals surface area contributed by atoms with Crippen LogP contribution in [0.5, 0.6) is 0 Å². The van der Waals surface area contributed by atoms with Gasteiger partial charge in [-0.25, -0.2) is 0 Å². The Balaban J connectivity index is 1.83. The number of pyridine rings is 1. The minimum Gasteiger partial charge on any atom is -0.356 e. The molecule has 2 aromatic carbocycles. The lowest BCUT2D eigenvalue weighted by atomic mass is 9.95. The standard InChI is InChI=1S/C23H26N2O/c1-2-3-4-10-15-24-22(26)16-19-17-25-21-14-9-8-13-20(21)23(19)18-11-6-5-7-12-18/h5-9,11-14,17H,2-4,10,15-16H2,1H3,(H,24,26). The van der Waals surface area contributed by atoms with E-state index in [1.54, 1.807) is 0 Å². The summed E-state index contributed by atoms with van der Waals surface area (Å²) >= 11 is 0. The number of hydrogen-bond donors (Lipinski definition) is 1. The molecule has 0 spiro atoms. The number of fused-ring (bicyclic) bond motifs is 1. The first-order chi connectivity index (χ1) is 12.8. The number of benzene rings is 2. The molecule has 1 aromatic heterocycles. The summed E-state index contributed by atoms with van der Waals surface area (Å²) in [4.78, 5) is 17.0. The zero-order chi connectivity index (χ0) is 18.2. The van der Waals surface area contributed by atoms with Crippen molar-refractivity contribution in [2.24, 2.45) is 0 Å². The smallest absolute Gasteiger partial charge is 0.224 e. The predicted octanol–water partition coefficient (Wildman–Crippen LogP) is 5.14. The van der Waals surface area contributed by atoms with Gasteiger partial charge in [0.05, 0.1) is 11.9 Å². The molecule has 0 fully saturated rings. The van der Waals surface area contributed by atoms with E-state index in [-0.39, 0.29) is 5.91 Å². The Morgan fingerprint density at radius 2 is 1.73 bits per heavy atom. The number of rotatable bonds is 8. The minimum atomic E-state index is 0.0655. The normalized spacial score (nSPS) is 10.8. The summed E-state index contributed by atoms with van der Waals surface area (Å²) < 4.78 is 0. The molecule has 0 atom stereocenters. The van der Waals surface area contributed by atoms with Crippen molar-refractivity contribution in [3.05, 3.63) is 66.4 Å². The maximum Gasteiger partial charge on any atom is 0.224 e. The summed E-state index contributed by atoms with van der Waals surface area (Å²) in [5.41, 5.74) is 4.16. The summed E-state index contributed by atoms with van der Waals surface area (Å²) in [6.07, 6.45) is 6.85. The van der Waals surface area contributed by atoms with Crippen molar-refractivity contribution in [3.8, 4) is 11.1 Å². The van der Waals surface area contributed by atoms with Crippen LogP contribution in [0, 0.1) is 0 Å². The quantitative estimate of drug-likeness (QED) is 0.574. The van der Waals surface area contributed by atoms with Crippen molar-refractivity contribution in [1.29, 1.82) is 0 Å². The van der Waals surface area contributed by atoms with Crippen molar-refractivity contribution < 1.29 is 4.79 Å². The molecular weight excluding hydrogens is 320 g/mol. The highest BCUT2D eigenvalue weighted by Crippen LogP contribution is 2.31. The number of para-hydroxylation sites is 1. The van der Waals surface area contributed by atoms with E-state index in [1.807, 2.05) is 42.6 Å². The monoisotopic (exact) mass is 346 g/mol. The lowest BCUT2D eigenvalue weighted by molar-refractivity contribution is -0.120. The van der Waals surface area contributed by atoms with Crippen LogP contribution >= 0.6 is 0 Å². The van der Waals surface area contributed by atoms with Crippen molar-refractivity contribution in [2.75, 3.05) is 6.54 Å². The molecule has 0 bridgehead atoms. The average molecular weight is 346 g/mol. The van der Waals surface area contributed by atoms with E-state index in [9.17, 15) is 4.79 Å². The van der Waals surface area contributed by atoms with Gasteiger partial charge in [-0.15, -0.1) is 0 Å². The number of nitrogens with zero attached hydrogens (tertiary/aromatic N) is 1. The molecule has 0 aliphatic rings. The van der Waals surface area contributed by atoms with Crippen LogP contribution < -0.4 is 5.32 Å². The largest absolute Gasteiger partial charge is 0.356 e. The van der Waals surface area contributed by atoms with Gasteiger partial charge in [0.15, 0.2) is 0 Å². The highest BCUT2D eigenvalue weighted by Gasteiger charge is 2.13. The maximum atomic E-state index is 12.4. The summed E-state index contributed by atoms with van der Waals surface area (Å²) in [6, 6.07) is 18.4. The number of unbranched alkanes of at least 4 members (excludes halogenated alkanes) is 3. The Morgan fingerprint density at radius 1 is 0.962 bits per heavy atom. The van der Waals surface area contributed by atoms with E-state index >= 15 is 0 Å². The van der Waals surface area contributed by atoms with E-state index in [4.69, 9.17) is 0 Å². The molecule has 1 amide bonds. The Morgan fingerprint density at radius 3 is 2.54 bits per heavy atom. The third-order valence-corrected chi connectivity index (χ3v) is 4.62. The lowest BCUT2D eigenvalue weighted by Crippen LogP contribution is -2.26. The highest BCUT2D eigenvalue weighted by atomic mass is 16.1. The van der Waals surface area contributed by atoms with Gasteiger partial charge in [-0.05, 0) is 29.2 Å². The summed E-state index contributed by atoms with van der Waals surface area (Å²) in [5.74, 6) is 0.0655. The first-order valence-electron chi connectivity index (χ1n) is 9.48. The topological polar surface area (TPSA) is 42.0 Å². The van der Waals surface area contributed by atoms with Gasteiger partial charge < -0.3 is 5.32 Å². The Hall–Kier alpha value is -2.68. The fraction of sp³-hybridized carbons (Fsp3) is 0.304. The van der Waals surface area contributed by atoms with Crippen molar-refractivity contribution in [3.63, 3.8) is 0 Å². The second kappa shape index (κ2) is 9.14. The molecule has 3 heteroatoms. The van der Waals surface area contributed by atoms with Gasteiger partial charge in [0.1, 0.15) is 0 Å². The molecule has 134 valence electrons. The molecule has 0 radical (unpaired) electrons. The van der Waals surface area contributed by atoms with Crippen LogP contribution in [-0.2, 0) is 11.2 Å². The zero-order valence-electron chi connectivity index (χ0n) is 15.4. The molecule has 0 unspecified atom stereocenters. The molecule has 3 aromatic rings. The van der Waals surface area contributed by atoms with Gasteiger partial charge in [0.2, 0.25) is 5.91 Å². The number of carbonyl (C=O) groups excluding carboxylic acids is 1. The molecule has 0 saturated heterocycles. The van der Waals surface area contributed by atoms with Gasteiger partial charge >= 0.3 is 0 Å². The Bertz CT molecular complexity index is 858. The van der Waals surface area contributed by atoms with Crippen LogP contribution in [0.4, 0.5) is 0 Å². The van der Waals surface area contributed by atoms with E-state index in [2.05, 4.69) is 35.4 Å². The summed E-state index contributed by atoms with van der Waals surface area (Å²) in [6.45, 7) is 2.94. The van der Waals surface area contributed by atoms with Gasteiger partial charge in [0, 0.05) is 18.1 Å². The van der Waals surface area contributed by atoms with E-state index < -0.39 is 0 Å². The minimum absolute atomic E-state index is 0.0655. The number of amides is 1. The van der Waals surface area contributed by atoms with Crippen molar-refractivity contribution >= 4 is 16.8 Å². The first kappa shape index (κ1) is 18.1. The summed E-state index contributed by atoms with van der Waals surface area (Å²) in [7, 11) is 0. The molecular formula is C23H26N2O. The van der Waals surface area contributed by atoms with Crippen LogP contribution in [0.1, 0.15) is 38.2 Å². The van der Waals surface area contributed by atoms with Crippen LogP contribution in [0.15, 0.2) is 60.8 Å². The molecule has 0 aliphatic carbocycles. The fourth-order valence-corrected chi connectivity index (χ4v) is 3.28. The number of carbonyl (C=O) groups is 1. The Kier molecular flexibility index (Phi) is 6.37. The third kappa shape index (κ3) is 4.48. The second-order valence-corrected chi connectivity index (χ2v) is 6.63. The number of hydrogen-bond acceptors (Lipinski definition) is 2. The third-order valence-electron chi connectivity index (χ3n) is 4.62. The molecule has 0 saturated carbocycles. The maximum absolute atomic E-state index is 12.4. The highest BCUT2D eigenvalue weighted by molar-refractivity contribution is 5.97. The Labute approximate surface area is 155 Å². The molecule has 1 N–H and O–H groups in total. The van der Waals surface area contributed by atoms with Crippen molar-refractivity contribution in [2.45, 2.75) is 39.0 Å². The molecule has 3 nitrogen and oxygen atoms in total. The van der Waals surface area contributed by atoms with Gasteiger partial charge in [-0.3, -0.25) is 9.78 Å². The van der Waals surface area contributed by atoms with Gasteiger partial charge in [-0.2, -0.15) is 0 Å². The van der Waals surface area contributed by atoms with Crippen LogP contribution in [0.2, 0.25) is 0 Å². The number of aromatic nitrogens is 1. The zero-order valence-corrected chi connectivity index (χ0v) is 15.4. The number of nitrogens with one attached hydrogen (secondary N) is 1. The van der Waals surface area contributed by atoms with Crippen molar-refractivity contribution in [1.82, 2.24) is 10.3 Å². The van der Waals surface area contributed by atoms with E-state index in [0.717, 1.165) is 40.6 Å². The fourth-order valence-electron chi connectivity index (χ4n) is 3.28. The average Bonchev–Trinajstić information content (AvgIpc) is 2.68.